The van der Waals surface area contributed by atoms with Crippen LogP contribution in [0.25, 0.3) is 16.7 Å². The van der Waals surface area contributed by atoms with Crippen LogP contribution in [-0.4, -0.2) is 35.2 Å². The van der Waals surface area contributed by atoms with Crippen LogP contribution in [0.3, 0.4) is 0 Å². The monoisotopic (exact) mass is 349 g/mol. The topological polar surface area (TPSA) is 56.1 Å². The van der Waals surface area contributed by atoms with Crippen LogP contribution in [-0.2, 0) is 4.74 Å². The molecule has 1 aliphatic rings. The van der Waals surface area contributed by atoms with Gasteiger partial charge in [0.25, 0.3) is 5.91 Å². The number of amides is 1. The molecule has 0 atom stereocenters. The summed E-state index contributed by atoms with van der Waals surface area (Å²) in [6.45, 7) is 2.22. The standard InChI is InChI=1S/C21H23N3O2/c25-21(22-12-3-13-26-14-16-6-7-16)17-8-10-18(11-9-17)24-15-23-19-4-1-2-5-20(19)24/h1-2,4-5,8-11,15-16H,3,6-7,12-14H2,(H,22,25). The Balaban J connectivity index is 1.31. The summed E-state index contributed by atoms with van der Waals surface area (Å²) in [6, 6.07) is 15.6. The van der Waals surface area contributed by atoms with Gasteiger partial charge < -0.3 is 10.1 Å². The highest BCUT2D eigenvalue weighted by Crippen LogP contribution is 2.28. The molecule has 4 rings (SSSR count). The fraction of sp³-hybridized carbons (Fsp3) is 0.333. The van der Waals surface area contributed by atoms with Crippen molar-refractivity contribution >= 4 is 16.9 Å². The van der Waals surface area contributed by atoms with Gasteiger partial charge >= 0.3 is 0 Å². The van der Waals surface area contributed by atoms with E-state index in [0.717, 1.165) is 35.7 Å². The Kier molecular flexibility index (Phi) is 4.97. The van der Waals surface area contributed by atoms with E-state index in [4.69, 9.17) is 4.74 Å². The molecule has 26 heavy (non-hydrogen) atoms. The number of nitrogens with zero attached hydrogens (tertiary/aromatic N) is 2. The van der Waals surface area contributed by atoms with E-state index in [1.807, 2.05) is 53.1 Å². The first-order valence-corrected chi connectivity index (χ1v) is 9.20. The molecule has 1 saturated carbocycles. The van der Waals surface area contributed by atoms with E-state index < -0.39 is 0 Å². The minimum Gasteiger partial charge on any atom is -0.381 e. The summed E-state index contributed by atoms with van der Waals surface area (Å²) >= 11 is 0. The molecule has 0 unspecified atom stereocenters. The van der Waals surface area contributed by atoms with Gasteiger partial charge in [0.1, 0.15) is 6.33 Å². The third kappa shape index (κ3) is 3.94. The summed E-state index contributed by atoms with van der Waals surface area (Å²) in [5.41, 5.74) is 3.66. The number of hydrogen-bond donors (Lipinski definition) is 1. The zero-order valence-corrected chi connectivity index (χ0v) is 14.7. The molecule has 1 aliphatic carbocycles. The second-order valence-electron chi connectivity index (χ2n) is 6.78. The molecule has 0 saturated heterocycles. The van der Waals surface area contributed by atoms with Gasteiger partial charge in [0.2, 0.25) is 0 Å². The number of aromatic nitrogens is 2. The number of imidazole rings is 1. The molecule has 5 nitrogen and oxygen atoms in total. The van der Waals surface area contributed by atoms with Crippen molar-refractivity contribution in [2.45, 2.75) is 19.3 Å². The van der Waals surface area contributed by atoms with E-state index in [1.165, 1.54) is 12.8 Å². The molecule has 0 spiro atoms. The fourth-order valence-electron chi connectivity index (χ4n) is 2.95. The van der Waals surface area contributed by atoms with Gasteiger partial charge in [-0.1, -0.05) is 12.1 Å². The maximum Gasteiger partial charge on any atom is 0.251 e. The summed E-state index contributed by atoms with van der Waals surface area (Å²) in [5.74, 6) is 0.741. The second kappa shape index (κ2) is 7.70. The number of carbonyl (C=O) groups is 1. The molecule has 1 aromatic heterocycles. The molecule has 1 heterocycles. The Labute approximate surface area is 153 Å². The predicted octanol–water partition coefficient (Wildman–Crippen LogP) is 3.57. The SMILES string of the molecule is O=C(NCCCOCC1CC1)c1ccc(-n2cnc3ccccc32)cc1. The quantitative estimate of drug-likeness (QED) is 0.633. The first-order chi connectivity index (χ1) is 12.8. The number of ether oxygens (including phenoxy) is 1. The number of benzene rings is 2. The van der Waals surface area contributed by atoms with Crippen molar-refractivity contribution in [3.63, 3.8) is 0 Å². The van der Waals surface area contributed by atoms with Crippen molar-refractivity contribution < 1.29 is 9.53 Å². The molecule has 1 N–H and O–H groups in total. The van der Waals surface area contributed by atoms with Crippen molar-refractivity contribution in [3.05, 3.63) is 60.4 Å². The molecule has 0 aliphatic heterocycles. The molecule has 134 valence electrons. The van der Waals surface area contributed by atoms with E-state index in [1.54, 1.807) is 6.33 Å². The summed E-state index contributed by atoms with van der Waals surface area (Å²) in [6.07, 6.45) is 5.27. The fourth-order valence-corrected chi connectivity index (χ4v) is 2.95. The maximum atomic E-state index is 12.2. The maximum absolute atomic E-state index is 12.2. The van der Waals surface area contributed by atoms with Crippen LogP contribution < -0.4 is 5.32 Å². The number of carbonyl (C=O) groups excluding carboxylic acids is 1. The average molecular weight is 349 g/mol. The Hall–Kier alpha value is -2.66. The Morgan fingerprint density at radius 1 is 1.15 bits per heavy atom. The molecular formula is C21H23N3O2. The highest BCUT2D eigenvalue weighted by atomic mass is 16.5. The lowest BCUT2D eigenvalue weighted by molar-refractivity contribution is 0.0937. The minimum atomic E-state index is -0.0470. The second-order valence-corrected chi connectivity index (χ2v) is 6.78. The molecule has 1 amide bonds. The van der Waals surface area contributed by atoms with Gasteiger partial charge in [-0.25, -0.2) is 4.98 Å². The van der Waals surface area contributed by atoms with Gasteiger partial charge in [0.15, 0.2) is 0 Å². The summed E-state index contributed by atoms with van der Waals surface area (Å²) in [4.78, 5) is 16.6. The van der Waals surface area contributed by atoms with Crippen LogP contribution in [0.4, 0.5) is 0 Å². The first kappa shape index (κ1) is 16.8. The Morgan fingerprint density at radius 2 is 1.96 bits per heavy atom. The lowest BCUT2D eigenvalue weighted by Crippen LogP contribution is -2.25. The molecule has 3 aromatic rings. The third-order valence-electron chi connectivity index (χ3n) is 4.66. The van der Waals surface area contributed by atoms with Crippen molar-refractivity contribution in [2.24, 2.45) is 5.92 Å². The average Bonchev–Trinajstić information content (AvgIpc) is 3.41. The molecule has 2 aromatic carbocycles. The molecule has 0 bridgehead atoms. The van der Waals surface area contributed by atoms with Crippen LogP contribution in [0.15, 0.2) is 54.9 Å². The summed E-state index contributed by atoms with van der Waals surface area (Å²) in [7, 11) is 0. The molecule has 0 radical (unpaired) electrons. The van der Waals surface area contributed by atoms with Crippen LogP contribution in [0.2, 0.25) is 0 Å². The van der Waals surface area contributed by atoms with Crippen LogP contribution in [0.5, 0.6) is 0 Å². The van der Waals surface area contributed by atoms with Gasteiger partial charge in [-0.15, -0.1) is 0 Å². The summed E-state index contributed by atoms with van der Waals surface area (Å²) in [5, 5.41) is 2.95. The van der Waals surface area contributed by atoms with Crippen LogP contribution >= 0.6 is 0 Å². The third-order valence-corrected chi connectivity index (χ3v) is 4.66. The lowest BCUT2D eigenvalue weighted by atomic mass is 10.2. The van der Waals surface area contributed by atoms with E-state index in [-0.39, 0.29) is 5.91 Å². The molecule has 1 fully saturated rings. The van der Waals surface area contributed by atoms with E-state index in [9.17, 15) is 4.79 Å². The Morgan fingerprint density at radius 3 is 2.77 bits per heavy atom. The van der Waals surface area contributed by atoms with E-state index in [2.05, 4.69) is 10.3 Å². The van der Waals surface area contributed by atoms with Crippen LogP contribution in [0.1, 0.15) is 29.6 Å². The first-order valence-electron chi connectivity index (χ1n) is 9.20. The number of fused-ring (bicyclic) bond motifs is 1. The zero-order chi connectivity index (χ0) is 17.8. The van der Waals surface area contributed by atoms with Crippen molar-refractivity contribution in [1.29, 1.82) is 0 Å². The summed E-state index contributed by atoms with van der Waals surface area (Å²) < 4.78 is 7.60. The van der Waals surface area contributed by atoms with Gasteiger partial charge in [-0.2, -0.15) is 0 Å². The van der Waals surface area contributed by atoms with Gasteiger partial charge in [0, 0.05) is 31.0 Å². The van der Waals surface area contributed by atoms with Crippen molar-refractivity contribution in [1.82, 2.24) is 14.9 Å². The molecular weight excluding hydrogens is 326 g/mol. The minimum absolute atomic E-state index is 0.0470. The number of nitrogens with one attached hydrogen (secondary N) is 1. The number of hydrogen-bond acceptors (Lipinski definition) is 3. The van der Waals surface area contributed by atoms with Crippen molar-refractivity contribution in [3.8, 4) is 5.69 Å². The largest absolute Gasteiger partial charge is 0.381 e. The number of para-hydroxylation sites is 2. The zero-order valence-electron chi connectivity index (χ0n) is 14.7. The highest BCUT2D eigenvalue weighted by molar-refractivity contribution is 5.94. The van der Waals surface area contributed by atoms with Gasteiger partial charge in [0.05, 0.1) is 11.0 Å². The lowest BCUT2D eigenvalue weighted by Gasteiger charge is -2.08. The van der Waals surface area contributed by atoms with Crippen LogP contribution in [0, 0.1) is 5.92 Å². The molecule has 5 heteroatoms. The smallest absolute Gasteiger partial charge is 0.251 e. The van der Waals surface area contributed by atoms with E-state index in [0.29, 0.717) is 18.7 Å². The van der Waals surface area contributed by atoms with Crippen molar-refractivity contribution in [2.75, 3.05) is 19.8 Å². The number of rotatable bonds is 8. The highest BCUT2D eigenvalue weighted by Gasteiger charge is 2.20. The van der Waals surface area contributed by atoms with E-state index >= 15 is 0 Å². The Bertz CT molecular complexity index is 882. The predicted molar refractivity (Wildman–Crippen MR) is 102 cm³/mol. The van der Waals surface area contributed by atoms with Gasteiger partial charge in [-0.3, -0.25) is 9.36 Å². The van der Waals surface area contributed by atoms with Gasteiger partial charge in [-0.05, 0) is 61.6 Å². The normalized spacial score (nSPS) is 13.8.